The fourth-order valence-corrected chi connectivity index (χ4v) is 2.64. The highest BCUT2D eigenvalue weighted by atomic mass is 127. The first-order valence-electron chi connectivity index (χ1n) is 7.63. The monoisotopic (exact) mass is 476 g/mol. The molecule has 0 unspecified atom stereocenters. The highest BCUT2D eigenvalue weighted by molar-refractivity contribution is 14.0. The van der Waals surface area contributed by atoms with Crippen molar-refractivity contribution in [1.82, 2.24) is 15.5 Å². The summed E-state index contributed by atoms with van der Waals surface area (Å²) in [5, 5.41) is 6.25. The van der Waals surface area contributed by atoms with Crippen molar-refractivity contribution in [3.63, 3.8) is 0 Å². The molecule has 0 spiro atoms. The van der Waals surface area contributed by atoms with E-state index in [0.29, 0.717) is 32.0 Å². The fraction of sp³-hybridized carbons (Fsp3) is 0.857. The fourth-order valence-electron chi connectivity index (χ4n) is 1.97. The number of hydrogen-bond donors (Lipinski definition) is 2. The van der Waals surface area contributed by atoms with Gasteiger partial charge in [0.05, 0.1) is 11.8 Å². The molecule has 142 valence electrons. The minimum atomic E-state index is -2.94. The molecule has 1 amide bonds. The largest absolute Gasteiger partial charge is 0.444 e. The first-order chi connectivity index (χ1) is 10.5. The van der Waals surface area contributed by atoms with E-state index < -0.39 is 15.4 Å². The molecule has 0 aromatic heterocycles. The van der Waals surface area contributed by atoms with Gasteiger partial charge in [0, 0.05) is 32.9 Å². The molecular formula is C14H29IN4O4S. The normalized spacial score (nSPS) is 16.0. The van der Waals surface area contributed by atoms with Crippen molar-refractivity contribution in [2.24, 2.45) is 4.99 Å². The molecule has 1 aliphatic rings. The summed E-state index contributed by atoms with van der Waals surface area (Å²) < 4.78 is 27.4. The second-order valence-electron chi connectivity index (χ2n) is 6.71. The van der Waals surface area contributed by atoms with Crippen molar-refractivity contribution in [1.29, 1.82) is 0 Å². The maximum atomic E-state index is 11.8. The van der Waals surface area contributed by atoms with Gasteiger partial charge in [-0.1, -0.05) is 0 Å². The number of guanidine groups is 1. The molecule has 1 saturated heterocycles. The Labute approximate surface area is 161 Å². The second-order valence-corrected chi connectivity index (χ2v) is 8.97. The zero-order chi connectivity index (χ0) is 17.7. The van der Waals surface area contributed by atoms with Crippen LogP contribution >= 0.6 is 24.0 Å². The van der Waals surface area contributed by atoms with Gasteiger partial charge in [0.15, 0.2) is 5.96 Å². The van der Waals surface area contributed by atoms with Crippen LogP contribution in [0.15, 0.2) is 4.99 Å². The van der Waals surface area contributed by atoms with Crippen LogP contribution < -0.4 is 10.6 Å². The average molecular weight is 476 g/mol. The van der Waals surface area contributed by atoms with Crippen LogP contribution in [0.4, 0.5) is 4.79 Å². The van der Waals surface area contributed by atoms with E-state index in [0.717, 1.165) is 0 Å². The van der Waals surface area contributed by atoms with Crippen LogP contribution in [-0.2, 0) is 14.6 Å². The summed E-state index contributed by atoms with van der Waals surface area (Å²) in [6.07, 6.45) is 1.43. The molecule has 1 aliphatic heterocycles. The topological polar surface area (TPSA) is 100 Å². The molecular weight excluding hydrogens is 447 g/mol. The molecule has 24 heavy (non-hydrogen) atoms. The predicted octanol–water partition coefficient (Wildman–Crippen LogP) is 0.823. The van der Waals surface area contributed by atoms with Crippen molar-refractivity contribution >= 4 is 45.9 Å². The Morgan fingerprint density at radius 3 is 2.38 bits per heavy atom. The van der Waals surface area contributed by atoms with E-state index in [1.54, 1.807) is 11.9 Å². The van der Waals surface area contributed by atoms with Gasteiger partial charge in [0.2, 0.25) is 0 Å². The lowest BCUT2D eigenvalue weighted by Crippen LogP contribution is -2.63. The lowest BCUT2D eigenvalue weighted by Gasteiger charge is -2.40. The van der Waals surface area contributed by atoms with Crippen molar-refractivity contribution in [3.8, 4) is 0 Å². The Kier molecular flexibility index (Phi) is 9.32. The number of nitrogens with zero attached hydrogens (tertiary/aromatic N) is 2. The SMILES string of the molecule is CN=C(NCCCS(C)(=O)=O)NC1CN(C(=O)OC(C)(C)C)C1.I. The number of rotatable bonds is 5. The molecule has 0 bridgehead atoms. The number of aliphatic imine (C=N–C) groups is 1. The number of hydrogen-bond acceptors (Lipinski definition) is 5. The van der Waals surface area contributed by atoms with E-state index in [4.69, 9.17) is 4.74 Å². The molecule has 0 aromatic rings. The summed E-state index contributed by atoms with van der Waals surface area (Å²) in [5.74, 6) is 0.750. The van der Waals surface area contributed by atoms with Gasteiger partial charge in [-0.15, -0.1) is 24.0 Å². The van der Waals surface area contributed by atoms with E-state index in [2.05, 4.69) is 15.6 Å². The van der Waals surface area contributed by atoms with Crippen LogP contribution in [0.3, 0.4) is 0 Å². The number of halogens is 1. The number of ether oxygens (including phenoxy) is 1. The Bertz CT molecular complexity index is 539. The lowest BCUT2D eigenvalue weighted by molar-refractivity contribution is 0.00701. The average Bonchev–Trinajstić information content (AvgIpc) is 2.31. The molecule has 0 aromatic carbocycles. The Morgan fingerprint density at radius 1 is 1.33 bits per heavy atom. The summed E-state index contributed by atoms with van der Waals surface area (Å²) in [7, 11) is -1.29. The van der Waals surface area contributed by atoms with E-state index >= 15 is 0 Å². The minimum Gasteiger partial charge on any atom is -0.444 e. The van der Waals surface area contributed by atoms with Crippen LogP contribution in [0.5, 0.6) is 0 Å². The number of sulfone groups is 1. The van der Waals surface area contributed by atoms with E-state index in [9.17, 15) is 13.2 Å². The van der Waals surface area contributed by atoms with Crippen molar-refractivity contribution < 1.29 is 17.9 Å². The van der Waals surface area contributed by atoms with Gasteiger partial charge >= 0.3 is 6.09 Å². The number of nitrogens with one attached hydrogen (secondary N) is 2. The number of amides is 1. The van der Waals surface area contributed by atoms with E-state index in [1.165, 1.54) is 6.26 Å². The molecule has 10 heteroatoms. The van der Waals surface area contributed by atoms with Crippen LogP contribution in [0.1, 0.15) is 27.2 Å². The predicted molar refractivity (Wildman–Crippen MR) is 106 cm³/mol. The summed E-state index contributed by atoms with van der Waals surface area (Å²) in [4.78, 5) is 17.5. The zero-order valence-corrected chi connectivity index (χ0v) is 18.1. The molecule has 1 fully saturated rings. The highest BCUT2D eigenvalue weighted by Crippen LogP contribution is 2.15. The van der Waals surface area contributed by atoms with Gasteiger partial charge in [-0.2, -0.15) is 0 Å². The maximum absolute atomic E-state index is 11.8. The zero-order valence-electron chi connectivity index (χ0n) is 15.0. The third-order valence-corrected chi connectivity index (χ3v) is 4.11. The first kappa shape index (κ1) is 23.2. The summed E-state index contributed by atoms with van der Waals surface area (Å²) in [5.41, 5.74) is -0.493. The summed E-state index contributed by atoms with van der Waals surface area (Å²) in [6, 6.07) is 0.114. The standard InChI is InChI=1S/C14H28N4O4S.HI/c1-14(2,3)22-13(19)18-9-11(10-18)17-12(15-4)16-7-6-8-23(5,20)21;/h11H,6-10H2,1-5H3,(H2,15,16,17);1H. The smallest absolute Gasteiger partial charge is 0.410 e. The van der Waals surface area contributed by atoms with Crippen molar-refractivity contribution in [2.75, 3.05) is 38.7 Å². The van der Waals surface area contributed by atoms with Crippen LogP contribution in [-0.4, -0.2) is 75.7 Å². The molecule has 1 rings (SSSR count). The molecule has 0 atom stereocenters. The van der Waals surface area contributed by atoms with Gasteiger partial charge in [-0.25, -0.2) is 13.2 Å². The van der Waals surface area contributed by atoms with Gasteiger partial charge in [0.1, 0.15) is 15.4 Å². The third kappa shape index (κ3) is 9.50. The van der Waals surface area contributed by atoms with Crippen molar-refractivity contribution in [3.05, 3.63) is 0 Å². The van der Waals surface area contributed by atoms with Crippen LogP contribution in [0.2, 0.25) is 0 Å². The molecule has 8 nitrogen and oxygen atoms in total. The maximum Gasteiger partial charge on any atom is 0.410 e. The van der Waals surface area contributed by atoms with E-state index in [-0.39, 0.29) is 41.9 Å². The molecule has 0 aliphatic carbocycles. The van der Waals surface area contributed by atoms with E-state index in [1.807, 2.05) is 20.8 Å². The van der Waals surface area contributed by atoms with Gasteiger partial charge in [-0.3, -0.25) is 4.99 Å². The van der Waals surface area contributed by atoms with Crippen LogP contribution in [0.25, 0.3) is 0 Å². The minimum absolute atomic E-state index is 0. The molecule has 2 N–H and O–H groups in total. The Morgan fingerprint density at radius 2 is 1.92 bits per heavy atom. The van der Waals surface area contributed by atoms with Crippen molar-refractivity contribution in [2.45, 2.75) is 38.8 Å². The third-order valence-electron chi connectivity index (χ3n) is 3.08. The molecule has 0 radical (unpaired) electrons. The Hall–Kier alpha value is -0.780. The lowest BCUT2D eigenvalue weighted by atomic mass is 10.1. The summed E-state index contributed by atoms with van der Waals surface area (Å²) >= 11 is 0. The second kappa shape index (κ2) is 9.64. The van der Waals surface area contributed by atoms with Gasteiger partial charge in [-0.05, 0) is 27.2 Å². The van der Waals surface area contributed by atoms with Gasteiger partial charge in [0.25, 0.3) is 0 Å². The number of carbonyl (C=O) groups excluding carboxylic acids is 1. The van der Waals surface area contributed by atoms with Crippen LogP contribution in [0, 0.1) is 0 Å². The quantitative estimate of drug-likeness (QED) is 0.264. The molecule has 0 saturated carbocycles. The highest BCUT2D eigenvalue weighted by Gasteiger charge is 2.34. The number of carbonyl (C=O) groups is 1. The van der Waals surface area contributed by atoms with Gasteiger partial charge < -0.3 is 20.3 Å². The summed E-state index contributed by atoms with van der Waals surface area (Å²) in [6.45, 7) is 7.14. The first-order valence-corrected chi connectivity index (χ1v) is 9.69. The Balaban J connectivity index is 0.00000529. The molecule has 1 heterocycles. The number of likely N-dealkylation sites (tertiary alicyclic amines) is 1.